The number of amides is 2. The lowest BCUT2D eigenvalue weighted by molar-refractivity contribution is -0.125. The van der Waals surface area contributed by atoms with Crippen LogP contribution in [-0.4, -0.2) is 28.3 Å². The van der Waals surface area contributed by atoms with Gasteiger partial charge in [0.2, 0.25) is 11.8 Å². The summed E-state index contributed by atoms with van der Waals surface area (Å²) in [5, 5.41) is 5.23. The van der Waals surface area contributed by atoms with Crippen molar-refractivity contribution in [3.05, 3.63) is 29.6 Å². The Kier molecular flexibility index (Phi) is 4.02. The van der Waals surface area contributed by atoms with E-state index in [2.05, 4.69) is 20.6 Å². The Morgan fingerprint density at radius 2 is 2.15 bits per heavy atom. The first-order valence-electron chi connectivity index (χ1n) is 6.46. The molecule has 0 aliphatic rings. The molecule has 2 amide bonds. The number of aromatic amines is 1. The summed E-state index contributed by atoms with van der Waals surface area (Å²) in [6.45, 7) is 5.20. The van der Waals surface area contributed by atoms with Crippen molar-refractivity contribution in [3.63, 3.8) is 0 Å². The first kappa shape index (κ1) is 14.0. The highest BCUT2D eigenvalue weighted by Crippen LogP contribution is 2.17. The second-order valence-corrected chi connectivity index (χ2v) is 4.84. The fraction of sp³-hybridized carbons (Fsp3) is 0.357. The molecule has 0 bridgehead atoms. The van der Waals surface area contributed by atoms with E-state index in [-0.39, 0.29) is 24.4 Å². The Bertz CT molecular complexity index is 648. The van der Waals surface area contributed by atoms with E-state index in [4.69, 9.17) is 0 Å². The van der Waals surface area contributed by atoms with E-state index in [0.29, 0.717) is 5.82 Å². The summed E-state index contributed by atoms with van der Waals surface area (Å²) in [4.78, 5) is 30.0. The van der Waals surface area contributed by atoms with Gasteiger partial charge in [-0.25, -0.2) is 4.98 Å². The number of rotatable bonds is 4. The summed E-state index contributed by atoms with van der Waals surface area (Å²) >= 11 is 0. The van der Waals surface area contributed by atoms with Crippen LogP contribution in [0.3, 0.4) is 0 Å². The van der Waals surface area contributed by atoms with E-state index < -0.39 is 0 Å². The smallest absolute Gasteiger partial charge is 0.239 e. The number of carbonyl (C=O) groups excluding carboxylic acids is 2. The lowest BCUT2D eigenvalue weighted by Crippen LogP contribution is -2.37. The van der Waals surface area contributed by atoms with Crippen molar-refractivity contribution in [2.24, 2.45) is 0 Å². The Morgan fingerprint density at radius 3 is 2.85 bits per heavy atom. The molecule has 6 heteroatoms. The SMILES string of the molecule is CC(=O)NCC(=O)N[C@H](C)c1nc2ccc(C)cc2[nH]1. The highest BCUT2D eigenvalue weighted by molar-refractivity contribution is 5.84. The Labute approximate surface area is 117 Å². The minimum Gasteiger partial charge on any atom is -0.347 e. The maximum Gasteiger partial charge on any atom is 0.239 e. The molecule has 0 unspecified atom stereocenters. The van der Waals surface area contributed by atoms with E-state index in [1.54, 1.807) is 0 Å². The van der Waals surface area contributed by atoms with Crippen molar-refractivity contribution in [2.45, 2.75) is 26.8 Å². The number of aryl methyl sites for hydroxylation is 1. The Hall–Kier alpha value is -2.37. The molecule has 0 radical (unpaired) electrons. The number of benzene rings is 1. The molecule has 1 atom stereocenters. The van der Waals surface area contributed by atoms with Gasteiger partial charge in [0.05, 0.1) is 23.6 Å². The van der Waals surface area contributed by atoms with Crippen molar-refractivity contribution in [1.82, 2.24) is 20.6 Å². The van der Waals surface area contributed by atoms with Gasteiger partial charge in [0.15, 0.2) is 0 Å². The molecule has 0 saturated heterocycles. The van der Waals surface area contributed by atoms with Crippen molar-refractivity contribution in [3.8, 4) is 0 Å². The fourth-order valence-electron chi connectivity index (χ4n) is 1.91. The average molecular weight is 274 g/mol. The number of hydrogen-bond acceptors (Lipinski definition) is 3. The number of nitrogens with one attached hydrogen (secondary N) is 3. The van der Waals surface area contributed by atoms with Crippen molar-refractivity contribution < 1.29 is 9.59 Å². The molecule has 0 fully saturated rings. The molecule has 0 aliphatic heterocycles. The second kappa shape index (κ2) is 5.73. The van der Waals surface area contributed by atoms with Crippen molar-refractivity contribution in [1.29, 1.82) is 0 Å². The van der Waals surface area contributed by atoms with Crippen LogP contribution in [0.1, 0.15) is 31.3 Å². The van der Waals surface area contributed by atoms with Crippen molar-refractivity contribution >= 4 is 22.8 Å². The second-order valence-electron chi connectivity index (χ2n) is 4.84. The maximum absolute atomic E-state index is 11.6. The number of carbonyl (C=O) groups is 2. The van der Waals surface area contributed by atoms with Gasteiger partial charge in [0, 0.05) is 6.92 Å². The Balaban J connectivity index is 2.05. The number of imidazole rings is 1. The first-order chi connectivity index (χ1) is 9.45. The number of hydrogen-bond donors (Lipinski definition) is 3. The predicted octanol–water partition coefficient (Wildman–Crippen LogP) is 1.18. The minimum absolute atomic E-state index is 0.0288. The molecule has 0 spiro atoms. The molecule has 1 aromatic heterocycles. The van der Waals surface area contributed by atoms with Crippen LogP contribution in [0.15, 0.2) is 18.2 Å². The third-order valence-corrected chi connectivity index (χ3v) is 2.94. The third kappa shape index (κ3) is 3.34. The molecule has 6 nitrogen and oxygen atoms in total. The van der Waals surface area contributed by atoms with Gasteiger partial charge >= 0.3 is 0 Å². The molecule has 1 heterocycles. The van der Waals surface area contributed by atoms with Crippen LogP contribution in [0.4, 0.5) is 0 Å². The van der Waals surface area contributed by atoms with Gasteiger partial charge in [0.1, 0.15) is 5.82 Å². The molecular formula is C14H18N4O2. The highest BCUT2D eigenvalue weighted by atomic mass is 16.2. The van der Waals surface area contributed by atoms with Gasteiger partial charge in [-0.2, -0.15) is 0 Å². The number of H-pyrrole nitrogens is 1. The molecule has 1 aromatic carbocycles. The summed E-state index contributed by atoms with van der Waals surface area (Å²) in [5.41, 5.74) is 2.96. The van der Waals surface area contributed by atoms with E-state index in [1.807, 2.05) is 32.0 Å². The molecule has 3 N–H and O–H groups in total. The summed E-state index contributed by atoms with van der Waals surface area (Å²) in [6, 6.07) is 5.70. The first-order valence-corrected chi connectivity index (χ1v) is 6.46. The van der Waals surface area contributed by atoms with Crippen LogP contribution < -0.4 is 10.6 Å². The maximum atomic E-state index is 11.6. The quantitative estimate of drug-likeness (QED) is 0.782. The monoisotopic (exact) mass is 274 g/mol. The van der Waals surface area contributed by atoms with Crippen LogP contribution in [0.5, 0.6) is 0 Å². The lowest BCUT2D eigenvalue weighted by atomic mass is 10.2. The molecule has 0 saturated carbocycles. The van der Waals surface area contributed by atoms with Crippen LogP contribution in [0.2, 0.25) is 0 Å². The Morgan fingerprint density at radius 1 is 1.40 bits per heavy atom. The number of aromatic nitrogens is 2. The topological polar surface area (TPSA) is 86.9 Å². The molecule has 20 heavy (non-hydrogen) atoms. The number of nitrogens with zero attached hydrogens (tertiary/aromatic N) is 1. The summed E-state index contributed by atoms with van der Waals surface area (Å²) in [7, 11) is 0. The standard InChI is InChI=1S/C14H18N4O2/c1-8-4-5-11-12(6-8)18-14(17-11)9(2)16-13(20)7-15-10(3)19/h4-6,9H,7H2,1-3H3,(H,15,19)(H,16,20)(H,17,18)/t9-/m1/s1. The minimum atomic E-state index is -0.246. The van der Waals surface area contributed by atoms with Gasteiger partial charge in [-0.3, -0.25) is 9.59 Å². The lowest BCUT2D eigenvalue weighted by Gasteiger charge is -2.11. The fourth-order valence-corrected chi connectivity index (χ4v) is 1.91. The van der Waals surface area contributed by atoms with E-state index in [9.17, 15) is 9.59 Å². The normalized spacial score (nSPS) is 12.2. The highest BCUT2D eigenvalue weighted by Gasteiger charge is 2.13. The zero-order valence-electron chi connectivity index (χ0n) is 11.8. The third-order valence-electron chi connectivity index (χ3n) is 2.94. The van der Waals surface area contributed by atoms with Crippen LogP contribution in [0, 0.1) is 6.92 Å². The molecule has 0 aliphatic carbocycles. The molecular weight excluding hydrogens is 256 g/mol. The van der Waals surface area contributed by atoms with Crippen LogP contribution in [-0.2, 0) is 9.59 Å². The average Bonchev–Trinajstić information content (AvgIpc) is 2.79. The van der Waals surface area contributed by atoms with Gasteiger partial charge in [0.25, 0.3) is 0 Å². The van der Waals surface area contributed by atoms with Crippen LogP contribution in [0.25, 0.3) is 11.0 Å². The van der Waals surface area contributed by atoms with Gasteiger partial charge in [-0.05, 0) is 31.5 Å². The number of fused-ring (bicyclic) bond motifs is 1. The molecule has 2 rings (SSSR count). The van der Waals surface area contributed by atoms with Gasteiger partial charge in [-0.1, -0.05) is 6.07 Å². The van der Waals surface area contributed by atoms with Gasteiger partial charge < -0.3 is 15.6 Å². The van der Waals surface area contributed by atoms with Gasteiger partial charge in [-0.15, -0.1) is 0 Å². The largest absolute Gasteiger partial charge is 0.347 e. The zero-order chi connectivity index (χ0) is 14.7. The van der Waals surface area contributed by atoms with E-state index in [0.717, 1.165) is 16.6 Å². The van der Waals surface area contributed by atoms with E-state index in [1.165, 1.54) is 6.92 Å². The zero-order valence-corrected chi connectivity index (χ0v) is 11.8. The summed E-state index contributed by atoms with van der Waals surface area (Å²) in [6.07, 6.45) is 0. The van der Waals surface area contributed by atoms with E-state index >= 15 is 0 Å². The molecule has 106 valence electrons. The summed E-state index contributed by atoms with van der Waals surface area (Å²) < 4.78 is 0. The summed E-state index contributed by atoms with van der Waals surface area (Å²) in [5.74, 6) is 0.220. The molecule has 2 aromatic rings. The predicted molar refractivity (Wildman–Crippen MR) is 76.1 cm³/mol. The van der Waals surface area contributed by atoms with Crippen LogP contribution >= 0.6 is 0 Å². The van der Waals surface area contributed by atoms with Crippen molar-refractivity contribution in [2.75, 3.05) is 6.54 Å².